The van der Waals surface area contributed by atoms with E-state index in [0.717, 1.165) is 66.1 Å². The minimum atomic E-state index is -0.00533. The molecule has 564 valence electrons. The molecule has 6 aromatic heterocycles. The van der Waals surface area contributed by atoms with Crippen molar-refractivity contribution < 1.29 is 0 Å². The van der Waals surface area contributed by atoms with Crippen molar-refractivity contribution in [3.8, 4) is 37.8 Å². The van der Waals surface area contributed by atoms with Crippen LogP contribution in [0.2, 0.25) is 0 Å². The Bertz CT molecular complexity index is 3140. The van der Waals surface area contributed by atoms with Gasteiger partial charge in [-0.15, -0.1) is 0 Å². The van der Waals surface area contributed by atoms with Crippen molar-refractivity contribution in [3.05, 3.63) is 89.2 Å². The third-order valence-electron chi connectivity index (χ3n) is 22.5. The zero-order valence-electron chi connectivity index (χ0n) is 66.1. The molecule has 0 aliphatic heterocycles. The fourth-order valence-corrected chi connectivity index (χ4v) is 26.0. The van der Waals surface area contributed by atoms with Crippen LogP contribution in [0, 0.1) is 25.7 Å². The summed E-state index contributed by atoms with van der Waals surface area (Å²) in [5, 5.41) is 0. The van der Waals surface area contributed by atoms with Crippen LogP contribution in [0.3, 0.4) is 0 Å². The smallest absolute Gasteiger partial charge is 0.0654 e. The molecule has 2 unspecified atom stereocenters. The third kappa shape index (κ3) is 33.1. The fourth-order valence-electron chi connectivity index (χ4n) is 16.0. The normalized spacial score (nSPS) is 12.5. The average molecular weight is 1630 g/mol. The Balaban J connectivity index is 1.32. The first-order valence-electron chi connectivity index (χ1n) is 43.3. The standard InChI is InChI=1S/C92H150N2O2Se4/c1-9-15-21-27-31-35-37-41-45-49-59-77(57-47-43-39-33-29-23-17-11-3)61-53-55-69-93-84-74-82(86-67-68-87(99-86)90-80(64-52-26-20-14-6)72-89(100-90)88-71-79(76(8)98-88)63-51-25-19-13-5)92(96)94(83(84)73-81(91(93)95)85-66-65-75(7)97-85)70-56-54-62-78(58-48-44-40-34-30-24-18-12-4)60-50-46-42-38-36-32-28-22-16-10-2/h65-68,71-74,77-78H,9-64,69-70H2,1-8H3. The number of aromatic nitrogens is 2. The Morgan fingerprint density at radius 3 is 0.960 bits per heavy atom. The summed E-state index contributed by atoms with van der Waals surface area (Å²) in [6.45, 7) is 20.0. The van der Waals surface area contributed by atoms with E-state index in [2.05, 4.69) is 113 Å². The Labute approximate surface area is 639 Å². The summed E-state index contributed by atoms with van der Waals surface area (Å²) in [5.41, 5.74) is 7.21. The SMILES string of the molecule is CCCCCCCCCCCCC(CCCCCCCCCC)CCCCn1c(=O)c(-c2ccc(C)[se]2)cc2c1cc(-c1ccc(-c3[se]c(-c4cc(CCCCCC)c(C)[se]4)cc3CCCCCC)[se]1)c(=O)n2CCCCC(CCCCCCCCCC)CCCCCCCCCCCC. The van der Waals surface area contributed by atoms with Crippen LogP contribution in [0.25, 0.3) is 48.8 Å². The van der Waals surface area contributed by atoms with Crippen molar-refractivity contribution in [2.45, 2.75) is 428 Å². The van der Waals surface area contributed by atoms with E-state index in [1.807, 2.05) is 0 Å². The summed E-state index contributed by atoms with van der Waals surface area (Å²) in [4.78, 5) is 31.6. The van der Waals surface area contributed by atoms with Gasteiger partial charge < -0.3 is 0 Å². The number of unbranched alkanes of at least 4 members (excludes halogenated alkanes) is 40. The van der Waals surface area contributed by atoms with Crippen LogP contribution in [-0.4, -0.2) is 67.1 Å². The summed E-state index contributed by atoms with van der Waals surface area (Å²) in [7, 11) is 0. The first-order valence-corrected chi connectivity index (χ1v) is 50.2. The van der Waals surface area contributed by atoms with Crippen molar-refractivity contribution in [2.24, 2.45) is 11.8 Å². The topological polar surface area (TPSA) is 44.0 Å². The van der Waals surface area contributed by atoms with Gasteiger partial charge in [0.2, 0.25) is 0 Å². The van der Waals surface area contributed by atoms with Crippen LogP contribution in [0.4, 0.5) is 0 Å². The van der Waals surface area contributed by atoms with Crippen LogP contribution in [0.15, 0.2) is 58.1 Å². The molecule has 0 fully saturated rings. The van der Waals surface area contributed by atoms with Gasteiger partial charge in [0.25, 0.3) is 0 Å². The Morgan fingerprint density at radius 2 is 0.590 bits per heavy atom. The van der Waals surface area contributed by atoms with Gasteiger partial charge in [-0.3, -0.25) is 0 Å². The van der Waals surface area contributed by atoms with Gasteiger partial charge in [-0.05, 0) is 0 Å². The monoisotopic (exact) mass is 1630 g/mol. The maximum atomic E-state index is 16.0. The quantitative estimate of drug-likeness (QED) is 0.0282. The van der Waals surface area contributed by atoms with Crippen molar-refractivity contribution in [1.82, 2.24) is 9.13 Å². The number of aryl methyl sites for hydroxylation is 6. The number of hydrogen-bond acceptors (Lipinski definition) is 2. The van der Waals surface area contributed by atoms with Crippen LogP contribution >= 0.6 is 0 Å². The molecule has 0 N–H and O–H groups in total. The van der Waals surface area contributed by atoms with Gasteiger partial charge in [0.1, 0.15) is 0 Å². The van der Waals surface area contributed by atoms with Gasteiger partial charge in [0, 0.05) is 0 Å². The Hall–Kier alpha value is -1.84. The van der Waals surface area contributed by atoms with E-state index >= 15 is 9.59 Å². The number of hydrogen-bond donors (Lipinski definition) is 0. The van der Waals surface area contributed by atoms with Crippen LogP contribution in [0.1, 0.15) is 408 Å². The molecule has 0 radical (unpaired) electrons. The molecule has 8 heteroatoms. The molecule has 2 atom stereocenters. The molecule has 6 rings (SSSR count). The van der Waals surface area contributed by atoms with E-state index in [4.69, 9.17) is 0 Å². The molecule has 6 aromatic rings. The minimum Gasteiger partial charge on any atom is -0.0654 e. The molecule has 0 saturated carbocycles. The molecular weight excluding hydrogens is 1480 g/mol. The van der Waals surface area contributed by atoms with Gasteiger partial charge in [-0.2, -0.15) is 0 Å². The Kier molecular flexibility index (Phi) is 47.6. The van der Waals surface area contributed by atoms with Crippen LogP contribution in [-0.2, 0) is 25.9 Å². The number of pyridine rings is 2. The summed E-state index contributed by atoms with van der Waals surface area (Å²) < 4.78 is 16.2. The number of fused-ring (bicyclic) bond motifs is 1. The van der Waals surface area contributed by atoms with E-state index in [1.54, 1.807) is 28.9 Å². The number of nitrogens with zero attached hydrogens (tertiary/aromatic N) is 2. The van der Waals surface area contributed by atoms with Gasteiger partial charge >= 0.3 is 438 Å². The van der Waals surface area contributed by atoms with Gasteiger partial charge in [0.05, 0.1) is 0 Å². The van der Waals surface area contributed by atoms with Crippen LogP contribution < -0.4 is 11.1 Å². The Morgan fingerprint density at radius 1 is 0.290 bits per heavy atom. The van der Waals surface area contributed by atoms with E-state index in [1.165, 1.54) is 345 Å². The van der Waals surface area contributed by atoms with Gasteiger partial charge in [-0.25, -0.2) is 0 Å². The average Bonchev–Trinajstić information content (AvgIpc) is 1.08. The summed E-state index contributed by atoms with van der Waals surface area (Å²) in [6, 6.07) is 19.0. The molecule has 0 spiro atoms. The van der Waals surface area contributed by atoms with Crippen LogP contribution in [0.5, 0.6) is 0 Å². The molecule has 0 aliphatic carbocycles. The van der Waals surface area contributed by atoms with Crippen molar-refractivity contribution in [2.75, 3.05) is 0 Å². The van der Waals surface area contributed by atoms with Crippen molar-refractivity contribution in [1.29, 1.82) is 0 Å². The zero-order valence-corrected chi connectivity index (χ0v) is 73.0. The molecule has 100 heavy (non-hydrogen) atoms. The third-order valence-corrected chi connectivity index (χ3v) is 33.3. The second-order valence-corrected chi connectivity index (χ2v) is 41.2. The van der Waals surface area contributed by atoms with E-state index in [0.29, 0.717) is 27.6 Å². The first-order chi connectivity index (χ1) is 49.1. The molecule has 0 aliphatic rings. The van der Waals surface area contributed by atoms with Crippen molar-refractivity contribution >= 4 is 69.0 Å². The predicted octanol–water partition coefficient (Wildman–Crippen LogP) is 28.2. The molecule has 0 amide bonds. The summed E-state index contributed by atoms with van der Waals surface area (Å²) in [5.74, 6) is 1.54. The summed E-state index contributed by atoms with van der Waals surface area (Å²) >= 11 is 0.764. The molecule has 4 nitrogen and oxygen atoms in total. The molecule has 0 saturated heterocycles. The summed E-state index contributed by atoms with van der Waals surface area (Å²) in [6.07, 6.45) is 75.0. The second kappa shape index (κ2) is 54.7. The van der Waals surface area contributed by atoms with E-state index in [9.17, 15) is 0 Å². The van der Waals surface area contributed by atoms with E-state index in [-0.39, 0.29) is 54.6 Å². The number of rotatable bonds is 64. The van der Waals surface area contributed by atoms with Gasteiger partial charge in [0.15, 0.2) is 0 Å². The van der Waals surface area contributed by atoms with E-state index < -0.39 is 0 Å². The molecule has 0 aromatic carbocycles. The fraction of sp³-hybridized carbons (Fsp3) is 0.739. The molecular formula is C92H150N2O2Se4. The van der Waals surface area contributed by atoms with Crippen molar-refractivity contribution in [3.63, 3.8) is 0 Å². The predicted molar refractivity (Wildman–Crippen MR) is 449 cm³/mol. The minimum absolute atomic E-state index is 0.00533. The zero-order chi connectivity index (χ0) is 71.0. The van der Waals surface area contributed by atoms with Gasteiger partial charge in [-0.1, -0.05) is 207 Å². The second-order valence-electron chi connectivity index (χ2n) is 31.3. The first kappa shape index (κ1) is 87.1. The maximum absolute atomic E-state index is 16.0. The molecule has 0 bridgehead atoms. The molecule has 6 heterocycles.